The second-order valence-electron chi connectivity index (χ2n) is 4.92. The maximum Gasteiger partial charge on any atom is 0.409 e. The molecule has 0 spiro atoms. The van der Waals surface area contributed by atoms with Crippen LogP contribution in [-0.2, 0) is 22.7 Å². The Hall–Kier alpha value is -1.46. The van der Waals surface area contributed by atoms with Crippen LogP contribution < -0.4 is 5.32 Å². The van der Waals surface area contributed by atoms with Crippen LogP contribution in [0.25, 0.3) is 0 Å². The summed E-state index contributed by atoms with van der Waals surface area (Å²) in [6.07, 6.45) is -1.88. The lowest BCUT2D eigenvalue weighted by atomic mass is 10.2. The van der Waals surface area contributed by atoms with E-state index in [1.165, 1.54) is 0 Å². The maximum atomic E-state index is 11.9. The number of benzene rings is 2. The number of hydrogen-bond acceptors (Lipinski definition) is 3. The lowest BCUT2D eigenvalue weighted by molar-refractivity contribution is 0.0167. The number of halogens is 3. The molecule has 128 valence electrons. The average Bonchev–Trinajstić information content (AvgIpc) is 2.57. The minimum absolute atomic E-state index is 0.109. The van der Waals surface area contributed by atoms with E-state index < -0.39 is 16.1 Å². The third-order valence-electron chi connectivity index (χ3n) is 3.02. The van der Waals surface area contributed by atoms with Crippen molar-refractivity contribution < 1.29 is 14.3 Å². The zero-order valence-corrected chi connectivity index (χ0v) is 14.9. The predicted octanol–water partition coefficient (Wildman–Crippen LogP) is 4.83. The summed E-state index contributed by atoms with van der Waals surface area (Å²) in [6, 6.07) is 18.6. The molecule has 0 bridgehead atoms. The van der Waals surface area contributed by atoms with Gasteiger partial charge in [-0.1, -0.05) is 95.5 Å². The van der Waals surface area contributed by atoms with Gasteiger partial charge in [0.25, 0.3) is 0 Å². The second kappa shape index (κ2) is 9.14. The molecule has 0 aliphatic rings. The first-order valence-corrected chi connectivity index (χ1v) is 8.28. The zero-order valence-electron chi connectivity index (χ0n) is 12.6. The van der Waals surface area contributed by atoms with Crippen molar-refractivity contribution in [2.45, 2.75) is 23.2 Å². The van der Waals surface area contributed by atoms with E-state index in [1.54, 1.807) is 0 Å². The first-order chi connectivity index (χ1) is 11.4. The Morgan fingerprint density at radius 2 is 1.42 bits per heavy atom. The van der Waals surface area contributed by atoms with Crippen molar-refractivity contribution in [1.29, 1.82) is 0 Å². The molecule has 0 heterocycles. The highest BCUT2D eigenvalue weighted by Gasteiger charge is 2.35. The van der Waals surface area contributed by atoms with E-state index in [0.29, 0.717) is 0 Å². The summed E-state index contributed by atoms with van der Waals surface area (Å²) in [5.74, 6) is 0. The largest absolute Gasteiger partial charge is 0.445 e. The molecule has 2 rings (SSSR count). The SMILES string of the molecule is O=C(NC(OCc1ccccc1)C(Cl)(Cl)Cl)OCc1ccccc1. The molecule has 0 radical (unpaired) electrons. The quantitative estimate of drug-likeness (QED) is 0.570. The molecule has 0 fully saturated rings. The van der Waals surface area contributed by atoms with Crippen LogP contribution in [0.1, 0.15) is 11.1 Å². The third kappa shape index (κ3) is 6.57. The van der Waals surface area contributed by atoms with Crippen LogP contribution in [0.15, 0.2) is 60.7 Å². The Balaban J connectivity index is 1.87. The van der Waals surface area contributed by atoms with E-state index in [1.807, 2.05) is 60.7 Å². The van der Waals surface area contributed by atoms with Gasteiger partial charge in [-0.05, 0) is 11.1 Å². The fraction of sp³-hybridized carbons (Fsp3) is 0.235. The zero-order chi connectivity index (χ0) is 17.4. The molecule has 0 aliphatic heterocycles. The van der Waals surface area contributed by atoms with Gasteiger partial charge in [-0.15, -0.1) is 0 Å². The van der Waals surface area contributed by atoms with Gasteiger partial charge >= 0.3 is 6.09 Å². The van der Waals surface area contributed by atoms with Crippen molar-refractivity contribution in [2.75, 3.05) is 0 Å². The molecule has 1 N–H and O–H groups in total. The summed E-state index contributed by atoms with van der Waals surface area (Å²) < 4.78 is 8.77. The first kappa shape index (κ1) is 18.9. The fourth-order valence-corrected chi connectivity index (χ4v) is 2.20. The Bertz CT molecular complexity index is 633. The topological polar surface area (TPSA) is 47.6 Å². The van der Waals surface area contributed by atoms with Gasteiger partial charge in [0, 0.05) is 0 Å². The molecular weight excluding hydrogens is 373 g/mol. The Morgan fingerprint density at radius 1 is 0.917 bits per heavy atom. The number of hydrogen-bond donors (Lipinski definition) is 1. The Kier molecular flexibility index (Phi) is 7.18. The molecule has 2 aromatic rings. The molecule has 0 aromatic heterocycles. The number of carbonyl (C=O) groups excluding carboxylic acids is 1. The van der Waals surface area contributed by atoms with Crippen LogP contribution in [0.3, 0.4) is 0 Å². The van der Waals surface area contributed by atoms with Gasteiger partial charge in [-0.2, -0.15) is 0 Å². The molecule has 0 saturated carbocycles. The Morgan fingerprint density at radius 3 is 1.92 bits per heavy atom. The summed E-state index contributed by atoms with van der Waals surface area (Å²) in [6.45, 7) is 0.288. The minimum atomic E-state index is -1.83. The van der Waals surface area contributed by atoms with Crippen molar-refractivity contribution in [2.24, 2.45) is 0 Å². The van der Waals surface area contributed by atoms with Gasteiger partial charge in [-0.3, -0.25) is 5.32 Å². The standard InChI is InChI=1S/C17H16Cl3NO3/c18-17(19,20)15(23-11-13-7-3-1-4-8-13)21-16(22)24-12-14-9-5-2-6-10-14/h1-10,15H,11-12H2,(H,21,22). The lowest BCUT2D eigenvalue weighted by Crippen LogP contribution is -2.45. The number of alkyl carbamates (subject to hydrolysis) is 1. The summed E-state index contributed by atoms with van der Waals surface area (Å²) in [7, 11) is 0. The summed E-state index contributed by atoms with van der Waals surface area (Å²) >= 11 is 17.6. The van der Waals surface area contributed by atoms with E-state index in [0.717, 1.165) is 11.1 Å². The van der Waals surface area contributed by atoms with Crippen LogP contribution in [0, 0.1) is 0 Å². The molecule has 24 heavy (non-hydrogen) atoms. The maximum absolute atomic E-state index is 11.9. The molecule has 4 nitrogen and oxygen atoms in total. The van der Waals surface area contributed by atoms with Gasteiger partial charge in [0.2, 0.25) is 3.79 Å². The van der Waals surface area contributed by atoms with Crippen molar-refractivity contribution in [3.05, 3.63) is 71.8 Å². The lowest BCUT2D eigenvalue weighted by Gasteiger charge is -2.25. The number of amides is 1. The molecule has 7 heteroatoms. The molecule has 2 aromatic carbocycles. The highest BCUT2D eigenvalue weighted by molar-refractivity contribution is 6.68. The normalized spacial score (nSPS) is 12.5. The Labute approximate surface area is 155 Å². The summed E-state index contributed by atoms with van der Waals surface area (Å²) in [5.41, 5.74) is 1.74. The molecule has 1 atom stereocenters. The smallest absolute Gasteiger partial charge is 0.409 e. The highest BCUT2D eigenvalue weighted by atomic mass is 35.6. The molecule has 1 amide bonds. The van der Waals surface area contributed by atoms with E-state index in [-0.39, 0.29) is 13.2 Å². The number of nitrogens with one attached hydrogen (secondary N) is 1. The van der Waals surface area contributed by atoms with Gasteiger partial charge in [0.1, 0.15) is 6.61 Å². The fourth-order valence-electron chi connectivity index (χ4n) is 1.84. The second-order valence-corrected chi connectivity index (χ2v) is 7.29. The monoisotopic (exact) mass is 387 g/mol. The molecule has 1 unspecified atom stereocenters. The average molecular weight is 389 g/mol. The molecule has 0 aliphatic carbocycles. The van der Waals surface area contributed by atoms with Crippen LogP contribution in [0.5, 0.6) is 0 Å². The molecule has 0 saturated heterocycles. The van der Waals surface area contributed by atoms with E-state index >= 15 is 0 Å². The number of ether oxygens (including phenoxy) is 2. The van der Waals surface area contributed by atoms with Crippen LogP contribution in [0.4, 0.5) is 4.79 Å². The minimum Gasteiger partial charge on any atom is -0.445 e. The molecular formula is C17H16Cl3NO3. The van der Waals surface area contributed by atoms with Crippen molar-refractivity contribution in [1.82, 2.24) is 5.32 Å². The van der Waals surface area contributed by atoms with Gasteiger partial charge in [0.05, 0.1) is 6.61 Å². The number of carbonyl (C=O) groups is 1. The van der Waals surface area contributed by atoms with E-state index in [9.17, 15) is 4.79 Å². The first-order valence-electron chi connectivity index (χ1n) is 7.14. The van der Waals surface area contributed by atoms with Crippen molar-refractivity contribution in [3.63, 3.8) is 0 Å². The predicted molar refractivity (Wildman–Crippen MR) is 95.1 cm³/mol. The van der Waals surface area contributed by atoms with Crippen LogP contribution in [0.2, 0.25) is 0 Å². The van der Waals surface area contributed by atoms with Gasteiger partial charge in [0.15, 0.2) is 6.23 Å². The van der Waals surface area contributed by atoms with E-state index in [4.69, 9.17) is 44.3 Å². The van der Waals surface area contributed by atoms with Crippen molar-refractivity contribution >= 4 is 40.9 Å². The highest BCUT2D eigenvalue weighted by Crippen LogP contribution is 2.31. The van der Waals surface area contributed by atoms with Crippen LogP contribution in [-0.4, -0.2) is 16.1 Å². The summed E-state index contributed by atoms with van der Waals surface area (Å²) in [5, 5.41) is 2.42. The number of alkyl halides is 3. The third-order valence-corrected chi connectivity index (χ3v) is 3.61. The van der Waals surface area contributed by atoms with Crippen molar-refractivity contribution in [3.8, 4) is 0 Å². The van der Waals surface area contributed by atoms with Gasteiger partial charge < -0.3 is 9.47 Å². The van der Waals surface area contributed by atoms with Gasteiger partial charge in [-0.25, -0.2) is 4.79 Å². The van der Waals surface area contributed by atoms with Crippen LogP contribution >= 0.6 is 34.8 Å². The summed E-state index contributed by atoms with van der Waals surface area (Å²) in [4.78, 5) is 11.9. The number of rotatable bonds is 6. The van der Waals surface area contributed by atoms with E-state index in [2.05, 4.69) is 5.32 Å².